The normalized spacial score (nSPS) is 59.0. The summed E-state index contributed by atoms with van der Waals surface area (Å²) in [5, 5.41) is 0. The first-order chi connectivity index (χ1) is 8.86. The smallest absolute Gasteiger partial charge is 0.309 e. The van der Waals surface area contributed by atoms with Crippen LogP contribution in [-0.4, -0.2) is 29.1 Å². The number of hydrogen-bond donors (Lipinski definition) is 0. The fourth-order valence-electron chi connectivity index (χ4n) is 5.09. The van der Waals surface area contributed by atoms with Crippen LogP contribution >= 0.6 is 0 Å². The van der Waals surface area contributed by atoms with Gasteiger partial charge < -0.3 is 9.47 Å². The van der Waals surface area contributed by atoms with Gasteiger partial charge in [-0.05, 0) is 33.1 Å². The van der Waals surface area contributed by atoms with E-state index in [0.717, 1.165) is 19.3 Å². The molecule has 19 heavy (non-hydrogen) atoms. The van der Waals surface area contributed by atoms with Crippen LogP contribution in [0.25, 0.3) is 0 Å². The molecule has 0 amide bonds. The summed E-state index contributed by atoms with van der Waals surface area (Å²) in [6, 6.07) is 0. The van der Waals surface area contributed by atoms with Crippen LogP contribution in [-0.2, 0) is 19.1 Å². The third kappa shape index (κ3) is 1.04. The van der Waals surface area contributed by atoms with Gasteiger partial charge in [-0.25, -0.2) is 0 Å². The van der Waals surface area contributed by atoms with Crippen LogP contribution in [0.4, 0.5) is 0 Å². The highest BCUT2D eigenvalue weighted by atomic mass is 16.7. The molecule has 4 fully saturated rings. The second-order valence-electron chi connectivity index (χ2n) is 7.17. The van der Waals surface area contributed by atoms with E-state index in [1.54, 1.807) is 0 Å². The minimum atomic E-state index is -0.543. The molecular formula is C15H20O4. The number of fused-ring (bicyclic) bond motifs is 1. The topological polar surface area (TPSA) is 55.9 Å². The average molecular weight is 264 g/mol. The number of esters is 1. The molecule has 0 bridgehead atoms. The van der Waals surface area contributed by atoms with Crippen LogP contribution in [0.5, 0.6) is 0 Å². The Morgan fingerprint density at radius 2 is 1.95 bits per heavy atom. The predicted molar refractivity (Wildman–Crippen MR) is 66.3 cm³/mol. The van der Waals surface area contributed by atoms with E-state index in [2.05, 4.69) is 6.92 Å². The fraction of sp³-hybridized carbons (Fsp3) is 0.867. The van der Waals surface area contributed by atoms with Crippen molar-refractivity contribution in [3.8, 4) is 0 Å². The van der Waals surface area contributed by atoms with Gasteiger partial charge in [0.25, 0.3) is 0 Å². The first kappa shape index (κ1) is 11.9. The Labute approximate surface area is 112 Å². The highest BCUT2D eigenvalue weighted by molar-refractivity contribution is 5.89. The zero-order chi connectivity index (χ0) is 13.6. The van der Waals surface area contributed by atoms with Crippen LogP contribution < -0.4 is 0 Å². The Bertz CT molecular complexity index is 500. The van der Waals surface area contributed by atoms with E-state index in [1.165, 1.54) is 0 Å². The van der Waals surface area contributed by atoms with Gasteiger partial charge in [-0.2, -0.15) is 0 Å². The van der Waals surface area contributed by atoms with Crippen LogP contribution in [0.2, 0.25) is 0 Å². The molecule has 4 nitrogen and oxygen atoms in total. The van der Waals surface area contributed by atoms with Crippen molar-refractivity contribution in [2.24, 2.45) is 17.3 Å². The molecule has 4 rings (SSSR count). The lowest BCUT2D eigenvalue weighted by atomic mass is 9.52. The summed E-state index contributed by atoms with van der Waals surface area (Å²) in [6.07, 6.45) is 2.85. The van der Waals surface area contributed by atoms with Gasteiger partial charge in [-0.3, -0.25) is 9.59 Å². The number of Topliss-reactive ketones (excluding diaryl/α,β-unsaturated/α-hetero) is 1. The number of ether oxygens (including phenoxy) is 2. The summed E-state index contributed by atoms with van der Waals surface area (Å²) in [7, 11) is 0. The Morgan fingerprint density at radius 1 is 1.21 bits per heavy atom. The van der Waals surface area contributed by atoms with Gasteiger partial charge in [0.05, 0.1) is 11.3 Å². The lowest BCUT2D eigenvalue weighted by Gasteiger charge is -2.47. The van der Waals surface area contributed by atoms with Crippen molar-refractivity contribution in [1.82, 2.24) is 0 Å². The third-order valence-electron chi connectivity index (χ3n) is 6.42. The monoisotopic (exact) mass is 264 g/mol. The third-order valence-corrected chi connectivity index (χ3v) is 6.42. The SMILES string of the molecule is CC1C(=O)OC2C1CCC1(C)C(=O)CCC3(C)OC231. The molecule has 4 heteroatoms. The van der Waals surface area contributed by atoms with Crippen LogP contribution in [0.15, 0.2) is 0 Å². The van der Waals surface area contributed by atoms with Crippen LogP contribution in [0.3, 0.4) is 0 Å². The molecule has 2 heterocycles. The number of hydrogen-bond acceptors (Lipinski definition) is 4. The van der Waals surface area contributed by atoms with Crippen molar-refractivity contribution in [2.75, 3.05) is 0 Å². The van der Waals surface area contributed by atoms with Crippen molar-refractivity contribution >= 4 is 11.8 Å². The minimum absolute atomic E-state index is 0.0607. The van der Waals surface area contributed by atoms with Gasteiger partial charge in [0.1, 0.15) is 23.1 Å². The maximum absolute atomic E-state index is 12.5. The number of epoxide rings is 1. The van der Waals surface area contributed by atoms with E-state index in [1.807, 2.05) is 13.8 Å². The largest absolute Gasteiger partial charge is 0.459 e. The van der Waals surface area contributed by atoms with Crippen molar-refractivity contribution in [3.05, 3.63) is 0 Å². The van der Waals surface area contributed by atoms with Crippen molar-refractivity contribution < 1.29 is 19.1 Å². The highest BCUT2D eigenvalue weighted by Gasteiger charge is 2.85. The lowest BCUT2D eigenvalue weighted by Crippen LogP contribution is -2.61. The molecule has 2 aliphatic heterocycles. The molecule has 0 aromatic rings. The molecule has 0 aromatic carbocycles. The fourth-order valence-corrected chi connectivity index (χ4v) is 5.09. The van der Waals surface area contributed by atoms with Crippen molar-refractivity contribution in [1.29, 1.82) is 0 Å². The molecule has 2 saturated carbocycles. The van der Waals surface area contributed by atoms with E-state index >= 15 is 0 Å². The Morgan fingerprint density at radius 3 is 2.68 bits per heavy atom. The molecule has 1 spiro atoms. The molecule has 4 aliphatic rings. The molecule has 2 aliphatic carbocycles. The first-order valence-electron chi connectivity index (χ1n) is 7.30. The highest BCUT2D eigenvalue weighted by Crippen LogP contribution is 2.72. The second kappa shape index (κ2) is 3.05. The summed E-state index contributed by atoms with van der Waals surface area (Å²) >= 11 is 0. The van der Waals surface area contributed by atoms with E-state index < -0.39 is 11.0 Å². The summed E-state index contributed by atoms with van der Waals surface area (Å²) in [5.41, 5.74) is -1.28. The zero-order valence-electron chi connectivity index (χ0n) is 11.7. The Balaban J connectivity index is 1.83. The molecule has 6 atom stereocenters. The molecule has 104 valence electrons. The van der Waals surface area contributed by atoms with E-state index in [0.29, 0.717) is 6.42 Å². The van der Waals surface area contributed by atoms with Crippen molar-refractivity contribution in [3.63, 3.8) is 0 Å². The summed E-state index contributed by atoms with van der Waals surface area (Å²) in [5.74, 6) is 0.323. The average Bonchev–Trinajstić information content (AvgIpc) is 2.90. The molecule has 0 aromatic heterocycles. The second-order valence-corrected chi connectivity index (χ2v) is 7.17. The quantitative estimate of drug-likeness (QED) is 0.495. The van der Waals surface area contributed by atoms with Gasteiger partial charge in [-0.15, -0.1) is 0 Å². The van der Waals surface area contributed by atoms with E-state index in [-0.39, 0.29) is 35.3 Å². The van der Waals surface area contributed by atoms with Crippen molar-refractivity contribution in [2.45, 2.75) is 63.8 Å². The maximum atomic E-state index is 12.5. The summed E-state index contributed by atoms with van der Waals surface area (Å²) in [4.78, 5) is 24.4. The predicted octanol–water partition coefficient (Wildman–Crippen LogP) is 1.85. The van der Waals surface area contributed by atoms with Gasteiger partial charge >= 0.3 is 5.97 Å². The van der Waals surface area contributed by atoms with Gasteiger partial charge in [0, 0.05) is 12.3 Å². The van der Waals surface area contributed by atoms with Gasteiger partial charge in [0.2, 0.25) is 0 Å². The Kier molecular flexibility index (Phi) is 1.91. The Hall–Kier alpha value is -0.900. The molecule has 6 unspecified atom stereocenters. The van der Waals surface area contributed by atoms with Crippen LogP contribution in [0, 0.1) is 17.3 Å². The molecular weight excluding hydrogens is 244 g/mol. The standard InChI is InChI=1S/C15H20O4/c1-8-9-4-6-13(2)10(16)5-7-14(3)15(13,19-14)11(9)18-12(8)17/h8-9,11H,4-7H2,1-3H3. The molecule has 0 radical (unpaired) electrons. The van der Waals surface area contributed by atoms with Crippen LogP contribution in [0.1, 0.15) is 46.5 Å². The number of carbonyl (C=O) groups excluding carboxylic acids is 2. The number of rotatable bonds is 0. The van der Waals surface area contributed by atoms with E-state index in [4.69, 9.17) is 9.47 Å². The zero-order valence-corrected chi connectivity index (χ0v) is 11.7. The van der Waals surface area contributed by atoms with Gasteiger partial charge in [-0.1, -0.05) is 6.92 Å². The summed E-state index contributed by atoms with van der Waals surface area (Å²) < 4.78 is 11.8. The van der Waals surface area contributed by atoms with E-state index in [9.17, 15) is 9.59 Å². The van der Waals surface area contributed by atoms with Gasteiger partial charge in [0.15, 0.2) is 0 Å². The number of carbonyl (C=O) groups is 2. The minimum Gasteiger partial charge on any atom is -0.459 e. The first-order valence-corrected chi connectivity index (χ1v) is 7.30. The summed E-state index contributed by atoms with van der Waals surface area (Å²) in [6.45, 7) is 6.04. The maximum Gasteiger partial charge on any atom is 0.309 e. The lowest BCUT2D eigenvalue weighted by molar-refractivity contribution is -0.157. The molecule has 0 N–H and O–H groups in total. The molecule has 2 saturated heterocycles. The number of ketones is 1.